The van der Waals surface area contributed by atoms with Crippen molar-refractivity contribution in [2.75, 3.05) is 0 Å². The molecule has 18 heavy (non-hydrogen) atoms. The average Bonchev–Trinajstić information content (AvgIpc) is 2.71. The van der Waals surface area contributed by atoms with Crippen molar-refractivity contribution >= 4 is 5.78 Å². The summed E-state index contributed by atoms with van der Waals surface area (Å²) in [6.45, 7) is 3.89. The largest absolute Gasteiger partial charge is 0.297 e. The molecule has 1 fully saturated rings. The first-order valence-electron chi connectivity index (χ1n) is 6.34. The van der Waals surface area contributed by atoms with E-state index in [9.17, 15) is 10.1 Å². The average molecular weight is 245 g/mol. The van der Waals surface area contributed by atoms with E-state index in [1.54, 1.807) is 4.68 Å². The van der Waals surface area contributed by atoms with E-state index in [1.807, 2.05) is 33.2 Å². The molecule has 1 aromatic heterocycles. The molecule has 1 unspecified atom stereocenters. The highest BCUT2D eigenvalue weighted by molar-refractivity contribution is 5.93. The summed E-state index contributed by atoms with van der Waals surface area (Å²) in [6, 6.07) is 4.16. The van der Waals surface area contributed by atoms with Crippen LogP contribution in [-0.4, -0.2) is 15.6 Å². The van der Waals surface area contributed by atoms with Gasteiger partial charge in [-0.05, 0) is 18.9 Å². The van der Waals surface area contributed by atoms with E-state index in [0.717, 1.165) is 18.5 Å². The summed E-state index contributed by atoms with van der Waals surface area (Å²) in [7, 11) is 1.84. The topological polar surface area (TPSA) is 58.7 Å². The van der Waals surface area contributed by atoms with Gasteiger partial charge in [0.1, 0.15) is 5.41 Å². The Morgan fingerprint density at radius 3 is 2.78 bits per heavy atom. The zero-order valence-electron chi connectivity index (χ0n) is 11.2. The van der Waals surface area contributed by atoms with Gasteiger partial charge < -0.3 is 0 Å². The molecule has 0 bridgehead atoms. The van der Waals surface area contributed by atoms with Gasteiger partial charge in [0, 0.05) is 25.1 Å². The second-order valence-corrected chi connectivity index (χ2v) is 5.92. The lowest BCUT2D eigenvalue weighted by molar-refractivity contribution is -0.138. The number of ketones is 1. The number of carbonyl (C=O) groups excluding carboxylic acids is 1. The predicted octanol–water partition coefficient (Wildman–Crippen LogP) is 2.25. The minimum atomic E-state index is -0.879. The zero-order chi connectivity index (χ0) is 13.4. The fraction of sp³-hybridized carbons (Fsp3) is 0.643. The number of hydrogen-bond donors (Lipinski definition) is 0. The molecule has 0 radical (unpaired) electrons. The summed E-state index contributed by atoms with van der Waals surface area (Å²) in [5.41, 5.74) is -0.441. The molecular formula is C14H19N3O. The summed E-state index contributed by atoms with van der Waals surface area (Å²) in [6.07, 6.45) is 4.74. The number of aromatic nitrogens is 2. The summed E-state index contributed by atoms with van der Waals surface area (Å²) in [5, 5.41) is 13.8. The van der Waals surface area contributed by atoms with Crippen molar-refractivity contribution in [2.24, 2.45) is 17.9 Å². The maximum Gasteiger partial charge on any atom is 0.159 e. The van der Waals surface area contributed by atoms with Crippen LogP contribution in [0.5, 0.6) is 0 Å². The van der Waals surface area contributed by atoms with E-state index in [2.05, 4.69) is 11.2 Å². The molecule has 1 atom stereocenters. The Morgan fingerprint density at radius 1 is 1.50 bits per heavy atom. The highest BCUT2D eigenvalue weighted by Crippen LogP contribution is 2.44. The molecule has 4 nitrogen and oxygen atoms in total. The quantitative estimate of drug-likeness (QED) is 0.803. The molecule has 0 saturated heterocycles. The molecule has 0 amide bonds. The van der Waals surface area contributed by atoms with Crippen LogP contribution in [-0.2, 0) is 18.3 Å². The highest BCUT2D eigenvalue weighted by Gasteiger charge is 2.49. The number of hydrogen-bond acceptors (Lipinski definition) is 3. The summed E-state index contributed by atoms with van der Waals surface area (Å²) < 4.78 is 1.71. The van der Waals surface area contributed by atoms with Gasteiger partial charge in [0.05, 0.1) is 11.8 Å². The van der Waals surface area contributed by atoms with Crippen molar-refractivity contribution in [3.05, 3.63) is 18.0 Å². The number of carbonyl (C=O) groups is 1. The van der Waals surface area contributed by atoms with Gasteiger partial charge in [-0.15, -0.1) is 0 Å². The van der Waals surface area contributed by atoms with E-state index < -0.39 is 5.41 Å². The molecule has 1 aliphatic carbocycles. The first-order chi connectivity index (χ1) is 8.39. The Hall–Kier alpha value is -1.63. The first-order valence-corrected chi connectivity index (χ1v) is 6.34. The van der Waals surface area contributed by atoms with E-state index in [-0.39, 0.29) is 11.2 Å². The van der Waals surface area contributed by atoms with E-state index >= 15 is 0 Å². The third-order valence-corrected chi connectivity index (χ3v) is 3.92. The fourth-order valence-electron chi connectivity index (χ4n) is 2.89. The molecule has 1 aromatic rings. The normalized spacial score (nSPS) is 26.9. The second-order valence-electron chi connectivity index (χ2n) is 5.92. The van der Waals surface area contributed by atoms with Crippen LogP contribution in [0.15, 0.2) is 12.3 Å². The van der Waals surface area contributed by atoms with Crippen LogP contribution in [0.1, 0.15) is 38.8 Å². The number of rotatable bonds is 2. The lowest BCUT2D eigenvalue weighted by Crippen LogP contribution is -2.45. The first kappa shape index (κ1) is 12.8. The van der Waals surface area contributed by atoms with Crippen LogP contribution in [0.25, 0.3) is 0 Å². The molecule has 1 saturated carbocycles. The molecular weight excluding hydrogens is 226 g/mol. The Labute approximate surface area is 108 Å². The Kier molecular flexibility index (Phi) is 3.02. The Bertz CT molecular complexity index is 509. The van der Waals surface area contributed by atoms with Crippen molar-refractivity contribution in [2.45, 2.75) is 39.5 Å². The van der Waals surface area contributed by atoms with Gasteiger partial charge in [-0.25, -0.2) is 0 Å². The van der Waals surface area contributed by atoms with Crippen LogP contribution >= 0.6 is 0 Å². The number of aryl methyl sites for hydroxylation is 1. The second kappa shape index (κ2) is 4.24. The summed E-state index contributed by atoms with van der Waals surface area (Å²) >= 11 is 0. The van der Waals surface area contributed by atoms with Crippen molar-refractivity contribution in [1.29, 1.82) is 5.26 Å². The molecule has 1 heterocycles. The van der Waals surface area contributed by atoms with Gasteiger partial charge in [-0.1, -0.05) is 20.3 Å². The van der Waals surface area contributed by atoms with Gasteiger partial charge in [-0.3, -0.25) is 9.48 Å². The molecule has 0 aliphatic heterocycles. The Balaban J connectivity index is 2.31. The standard InChI is InChI=1S/C14H19N3O/c1-13(2)6-4-7-14(10-15,12(13)18)9-11-5-8-17(3)16-11/h5,8H,4,6-7,9H2,1-3H3. The number of nitrogens with zero attached hydrogens (tertiary/aromatic N) is 3. The van der Waals surface area contributed by atoms with Crippen molar-refractivity contribution in [1.82, 2.24) is 9.78 Å². The van der Waals surface area contributed by atoms with Crippen LogP contribution in [0.4, 0.5) is 0 Å². The Morgan fingerprint density at radius 2 is 2.22 bits per heavy atom. The van der Waals surface area contributed by atoms with Crippen molar-refractivity contribution in [3.63, 3.8) is 0 Å². The zero-order valence-corrected chi connectivity index (χ0v) is 11.2. The van der Waals surface area contributed by atoms with Crippen molar-refractivity contribution in [3.8, 4) is 6.07 Å². The van der Waals surface area contributed by atoms with Crippen LogP contribution < -0.4 is 0 Å². The van der Waals surface area contributed by atoms with E-state index in [1.165, 1.54) is 0 Å². The lowest BCUT2D eigenvalue weighted by Gasteiger charge is -2.38. The molecule has 4 heteroatoms. The maximum atomic E-state index is 12.6. The summed E-state index contributed by atoms with van der Waals surface area (Å²) in [4.78, 5) is 12.6. The highest BCUT2D eigenvalue weighted by atomic mass is 16.1. The van der Waals surface area contributed by atoms with Gasteiger partial charge in [-0.2, -0.15) is 10.4 Å². The molecule has 1 aliphatic rings. The molecule has 96 valence electrons. The number of nitriles is 1. The van der Waals surface area contributed by atoms with Crippen LogP contribution in [0, 0.1) is 22.2 Å². The smallest absolute Gasteiger partial charge is 0.159 e. The molecule has 0 N–H and O–H groups in total. The third-order valence-electron chi connectivity index (χ3n) is 3.92. The minimum Gasteiger partial charge on any atom is -0.297 e. The SMILES string of the molecule is Cn1ccc(CC2(C#N)CCCC(C)(C)C2=O)n1. The molecule has 0 spiro atoms. The van der Waals surface area contributed by atoms with Gasteiger partial charge in [0.2, 0.25) is 0 Å². The molecule has 0 aromatic carbocycles. The fourth-order valence-corrected chi connectivity index (χ4v) is 2.89. The maximum absolute atomic E-state index is 12.6. The third kappa shape index (κ3) is 2.05. The van der Waals surface area contributed by atoms with E-state index in [0.29, 0.717) is 12.8 Å². The lowest BCUT2D eigenvalue weighted by atomic mass is 9.61. The molecule has 2 rings (SSSR count). The van der Waals surface area contributed by atoms with Gasteiger partial charge in [0.15, 0.2) is 5.78 Å². The predicted molar refractivity (Wildman–Crippen MR) is 67.6 cm³/mol. The van der Waals surface area contributed by atoms with Gasteiger partial charge in [0.25, 0.3) is 0 Å². The monoisotopic (exact) mass is 245 g/mol. The van der Waals surface area contributed by atoms with E-state index in [4.69, 9.17) is 0 Å². The van der Waals surface area contributed by atoms with Gasteiger partial charge >= 0.3 is 0 Å². The summed E-state index contributed by atoms with van der Waals surface area (Å²) in [5.74, 6) is 0.0782. The van der Waals surface area contributed by atoms with Crippen LogP contribution in [0.2, 0.25) is 0 Å². The number of Topliss-reactive ketones (excluding diaryl/α,β-unsaturated/α-hetero) is 1. The minimum absolute atomic E-state index is 0.0782. The van der Waals surface area contributed by atoms with Crippen LogP contribution in [0.3, 0.4) is 0 Å². The van der Waals surface area contributed by atoms with Crippen molar-refractivity contribution < 1.29 is 4.79 Å².